The summed E-state index contributed by atoms with van der Waals surface area (Å²) in [5, 5.41) is 2.86. The lowest BCUT2D eigenvalue weighted by Gasteiger charge is -2.13. The van der Waals surface area contributed by atoms with Crippen molar-refractivity contribution in [3.8, 4) is 17.2 Å². The molecule has 0 atom stereocenters. The van der Waals surface area contributed by atoms with Gasteiger partial charge in [0.25, 0.3) is 0 Å². The van der Waals surface area contributed by atoms with Gasteiger partial charge in [-0.15, -0.1) is 0 Å². The third kappa shape index (κ3) is 7.96. The number of amides is 1. The van der Waals surface area contributed by atoms with Crippen LogP contribution in [0.3, 0.4) is 0 Å². The maximum Gasteiger partial charge on any atom is 0.248 e. The number of ether oxygens (including phenoxy) is 3. The number of hydrogen-bond donors (Lipinski definition) is 1. The van der Waals surface area contributed by atoms with Crippen LogP contribution >= 0.6 is 15.9 Å². The predicted octanol–water partition coefficient (Wildman–Crippen LogP) is 7.26. The highest BCUT2D eigenvalue weighted by Crippen LogP contribution is 2.37. The first kappa shape index (κ1) is 25.4. The smallest absolute Gasteiger partial charge is 0.248 e. The molecule has 3 rings (SSSR count). The number of unbranched alkanes of at least 4 members (excludes halogenated alkanes) is 2. The van der Waals surface area contributed by atoms with E-state index in [0.717, 1.165) is 40.6 Å². The normalized spacial score (nSPS) is 10.8. The van der Waals surface area contributed by atoms with E-state index in [1.165, 1.54) is 6.08 Å². The number of halogens is 1. The Hall–Kier alpha value is -3.25. The summed E-state index contributed by atoms with van der Waals surface area (Å²) in [6, 6.07) is 21.0. The Bertz CT molecular complexity index is 1080. The van der Waals surface area contributed by atoms with Gasteiger partial charge in [0.15, 0.2) is 11.5 Å². The summed E-state index contributed by atoms with van der Waals surface area (Å²) >= 11 is 3.56. The van der Waals surface area contributed by atoms with Gasteiger partial charge in [0.2, 0.25) is 5.91 Å². The lowest BCUT2D eigenvalue weighted by molar-refractivity contribution is -0.111. The number of nitrogens with one attached hydrogen (secondary N) is 1. The zero-order chi connectivity index (χ0) is 24.2. The van der Waals surface area contributed by atoms with Crippen molar-refractivity contribution in [1.29, 1.82) is 0 Å². The number of carbonyl (C=O) groups excluding carboxylic acids is 1. The first-order valence-electron chi connectivity index (χ1n) is 11.3. The fraction of sp³-hybridized carbons (Fsp3) is 0.250. The largest absolute Gasteiger partial charge is 0.494 e. The zero-order valence-corrected chi connectivity index (χ0v) is 21.1. The molecule has 34 heavy (non-hydrogen) atoms. The molecule has 0 heterocycles. The van der Waals surface area contributed by atoms with Crippen molar-refractivity contribution in [3.63, 3.8) is 0 Å². The van der Waals surface area contributed by atoms with Gasteiger partial charge in [-0.25, -0.2) is 0 Å². The monoisotopic (exact) mass is 523 g/mol. The summed E-state index contributed by atoms with van der Waals surface area (Å²) in [6.07, 6.45) is 6.58. The van der Waals surface area contributed by atoms with Gasteiger partial charge in [0.1, 0.15) is 12.4 Å². The maximum atomic E-state index is 12.4. The van der Waals surface area contributed by atoms with E-state index in [-0.39, 0.29) is 5.91 Å². The van der Waals surface area contributed by atoms with Crippen molar-refractivity contribution >= 4 is 33.6 Å². The molecule has 0 aliphatic rings. The fourth-order valence-electron chi connectivity index (χ4n) is 3.24. The van der Waals surface area contributed by atoms with Gasteiger partial charge in [0, 0.05) is 11.8 Å². The average Bonchev–Trinajstić information content (AvgIpc) is 2.86. The molecule has 5 nitrogen and oxygen atoms in total. The second-order valence-corrected chi connectivity index (χ2v) is 8.57. The third-order valence-corrected chi connectivity index (χ3v) is 5.63. The number of benzene rings is 3. The molecule has 0 spiro atoms. The molecule has 0 radical (unpaired) electrons. The second-order valence-electron chi connectivity index (χ2n) is 7.71. The molecule has 0 aromatic heterocycles. The van der Waals surface area contributed by atoms with Crippen LogP contribution in [0.4, 0.5) is 5.69 Å². The Morgan fingerprint density at radius 2 is 1.76 bits per heavy atom. The topological polar surface area (TPSA) is 56.8 Å². The van der Waals surface area contributed by atoms with E-state index >= 15 is 0 Å². The van der Waals surface area contributed by atoms with E-state index in [1.807, 2.05) is 66.7 Å². The number of anilines is 1. The van der Waals surface area contributed by atoms with Gasteiger partial charge in [-0.05, 0) is 76.0 Å². The summed E-state index contributed by atoms with van der Waals surface area (Å²) in [7, 11) is 1.59. The van der Waals surface area contributed by atoms with Crippen molar-refractivity contribution in [1.82, 2.24) is 0 Å². The first-order valence-corrected chi connectivity index (χ1v) is 12.1. The maximum absolute atomic E-state index is 12.4. The molecular weight excluding hydrogens is 494 g/mol. The van der Waals surface area contributed by atoms with Gasteiger partial charge >= 0.3 is 0 Å². The molecule has 1 N–H and O–H groups in total. The van der Waals surface area contributed by atoms with Crippen molar-refractivity contribution < 1.29 is 19.0 Å². The van der Waals surface area contributed by atoms with E-state index in [2.05, 4.69) is 28.2 Å². The molecule has 3 aromatic carbocycles. The lowest BCUT2D eigenvalue weighted by Crippen LogP contribution is -2.07. The summed E-state index contributed by atoms with van der Waals surface area (Å²) in [4.78, 5) is 12.4. The van der Waals surface area contributed by atoms with Crippen LogP contribution in [-0.2, 0) is 11.4 Å². The quantitative estimate of drug-likeness (QED) is 0.200. The molecule has 0 aliphatic heterocycles. The molecule has 3 aromatic rings. The van der Waals surface area contributed by atoms with Crippen molar-refractivity contribution in [2.24, 2.45) is 0 Å². The summed E-state index contributed by atoms with van der Waals surface area (Å²) in [5.74, 6) is 1.78. The van der Waals surface area contributed by atoms with E-state index in [9.17, 15) is 4.79 Å². The molecule has 0 bridgehead atoms. The number of methoxy groups -OCH3 is 1. The van der Waals surface area contributed by atoms with E-state index in [4.69, 9.17) is 14.2 Å². The van der Waals surface area contributed by atoms with Crippen LogP contribution in [0.2, 0.25) is 0 Å². The minimum absolute atomic E-state index is 0.226. The molecule has 178 valence electrons. The van der Waals surface area contributed by atoms with Gasteiger partial charge < -0.3 is 19.5 Å². The zero-order valence-electron chi connectivity index (χ0n) is 19.6. The standard InChI is InChI=1S/C28H30BrNO4/c1-3-4-8-17-33-24-14-12-23(13-15-24)30-27(31)16-11-22-18-25(29)28(26(19-22)32-2)34-20-21-9-6-5-7-10-21/h5-7,9-16,18-19H,3-4,8,17,20H2,1-2H3,(H,30,31)/b16-11+. The van der Waals surface area contributed by atoms with Gasteiger partial charge in [-0.1, -0.05) is 50.1 Å². The molecule has 6 heteroatoms. The summed E-state index contributed by atoms with van der Waals surface area (Å²) < 4.78 is 17.9. The highest BCUT2D eigenvalue weighted by Gasteiger charge is 2.11. The number of hydrogen-bond acceptors (Lipinski definition) is 4. The van der Waals surface area contributed by atoms with Crippen LogP contribution in [0.25, 0.3) is 6.08 Å². The molecule has 0 unspecified atom stereocenters. The summed E-state index contributed by atoms with van der Waals surface area (Å²) in [6.45, 7) is 3.30. The molecule has 0 saturated carbocycles. The minimum Gasteiger partial charge on any atom is -0.494 e. The number of rotatable bonds is 12. The van der Waals surface area contributed by atoms with Crippen LogP contribution < -0.4 is 19.5 Å². The highest BCUT2D eigenvalue weighted by atomic mass is 79.9. The molecule has 0 saturated heterocycles. The van der Waals surface area contributed by atoms with Crippen LogP contribution in [0, 0.1) is 0 Å². The predicted molar refractivity (Wildman–Crippen MR) is 141 cm³/mol. The molecule has 0 aliphatic carbocycles. The SMILES string of the molecule is CCCCCOc1ccc(NC(=O)/C=C/c2cc(Br)c(OCc3ccccc3)c(OC)c2)cc1. The Morgan fingerprint density at radius 3 is 2.47 bits per heavy atom. The number of carbonyl (C=O) groups is 1. The van der Waals surface area contributed by atoms with Crippen molar-refractivity contribution in [2.45, 2.75) is 32.8 Å². The fourth-order valence-corrected chi connectivity index (χ4v) is 3.81. The van der Waals surface area contributed by atoms with E-state index in [1.54, 1.807) is 13.2 Å². The Kier molecular flexibility index (Phi) is 10.0. The van der Waals surface area contributed by atoms with Crippen LogP contribution in [0.1, 0.15) is 37.3 Å². The van der Waals surface area contributed by atoms with Crippen molar-refractivity contribution in [3.05, 3.63) is 88.4 Å². The van der Waals surface area contributed by atoms with Crippen LogP contribution in [-0.4, -0.2) is 19.6 Å². The Morgan fingerprint density at radius 1 is 1.00 bits per heavy atom. The third-order valence-electron chi connectivity index (χ3n) is 5.04. The van der Waals surface area contributed by atoms with Crippen LogP contribution in [0.15, 0.2) is 77.3 Å². The molecular formula is C28H30BrNO4. The Balaban J connectivity index is 1.57. The highest BCUT2D eigenvalue weighted by molar-refractivity contribution is 9.10. The van der Waals surface area contributed by atoms with E-state index < -0.39 is 0 Å². The average molecular weight is 524 g/mol. The minimum atomic E-state index is -0.226. The summed E-state index contributed by atoms with van der Waals surface area (Å²) in [5.41, 5.74) is 2.58. The van der Waals surface area contributed by atoms with Crippen LogP contribution in [0.5, 0.6) is 17.2 Å². The van der Waals surface area contributed by atoms with Gasteiger partial charge in [-0.3, -0.25) is 4.79 Å². The van der Waals surface area contributed by atoms with Gasteiger partial charge in [0.05, 0.1) is 18.2 Å². The van der Waals surface area contributed by atoms with Crippen molar-refractivity contribution in [2.75, 3.05) is 19.0 Å². The van der Waals surface area contributed by atoms with Gasteiger partial charge in [-0.2, -0.15) is 0 Å². The second kappa shape index (κ2) is 13.5. The van der Waals surface area contributed by atoms with E-state index in [0.29, 0.717) is 30.4 Å². The molecule has 1 amide bonds. The lowest BCUT2D eigenvalue weighted by atomic mass is 10.2. The first-order chi connectivity index (χ1) is 16.6. The molecule has 0 fully saturated rings. The Labute approximate surface area is 209 Å².